The van der Waals surface area contributed by atoms with E-state index in [0.29, 0.717) is 47.8 Å². The number of hydrogen-bond acceptors (Lipinski definition) is 15. The number of ether oxygens (including phenoxy) is 2. The Hall–Kier alpha value is -7.25. The molecule has 19 nitrogen and oxygen atoms in total. The quantitative estimate of drug-likeness (QED) is 0.209. The fourth-order valence-corrected chi connectivity index (χ4v) is 5.38. The van der Waals surface area contributed by atoms with Gasteiger partial charge in [0.2, 0.25) is 17.7 Å². The molecule has 2 aromatic carbocycles. The SMILES string of the molecule is CN1C(=O)[C@@H](N)COc2cccnc21.CN1C(=O)[C@@H](NC(=O)c2noc(Cc3ccccc3)n2)COc2cccnc21.Cl.O=C(O)c1noc(Cc2ccccc2)n1. The highest BCUT2D eigenvalue weighted by Crippen LogP contribution is 2.28. The molecular formula is C38H37ClN10O9. The van der Waals surface area contributed by atoms with E-state index in [1.54, 1.807) is 50.8 Å². The molecule has 2 aliphatic heterocycles. The van der Waals surface area contributed by atoms with Crippen LogP contribution in [0.1, 0.15) is 44.1 Å². The van der Waals surface area contributed by atoms with E-state index in [9.17, 15) is 19.2 Å². The molecule has 6 heterocycles. The molecule has 58 heavy (non-hydrogen) atoms. The monoisotopic (exact) mass is 812 g/mol. The number of likely N-dealkylation sites (N-methyl/N-ethyl adjacent to an activating group) is 2. The minimum Gasteiger partial charge on any atom is -0.488 e. The highest BCUT2D eigenvalue weighted by atomic mass is 35.5. The van der Waals surface area contributed by atoms with Crippen LogP contribution in [0.25, 0.3) is 0 Å². The third kappa shape index (κ3) is 10.5. The standard InChI is InChI=1S/C19H17N5O4.C10H8N2O3.C9H11N3O2.ClH/c1-24-17-14(8-5-9-20-17)27-11-13(19(24)26)21-18(25)16-22-15(28-23-16)10-12-6-3-2-4-7-12;13-10(14)9-11-8(15-12-9)6-7-4-2-1-3-5-7;1-12-8-7(3-2-4-11-8)14-5-6(10)9(12)13;/h2-9,13H,10-11H2,1H3,(H,21,25);1-5H,6H2,(H,13,14);2-4,6H,5,10H2,1H3;1H/t13-;;6-;/m0.0./s1. The average molecular weight is 813 g/mol. The summed E-state index contributed by atoms with van der Waals surface area (Å²) in [6.45, 7) is 0.171. The van der Waals surface area contributed by atoms with Crippen LogP contribution in [0, 0.1) is 0 Å². The second kappa shape index (κ2) is 19.6. The number of halogens is 1. The second-order valence-corrected chi connectivity index (χ2v) is 12.4. The second-order valence-electron chi connectivity index (χ2n) is 12.4. The van der Waals surface area contributed by atoms with Crippen molar-refractivity contribution >= 4 is 47.7 Å². The first-order valence-electron chi connectivity index (χ1n) is 17.3. The van der Waals surface area contributed by atoms with Crippen molar-refractivity contribution in [2.24, 2.45) is 5.73 Å². The number of nitrogens with zero attached hydrogens (tertiary/aromatic N) is 8. The molecule has 3 amide bonds. The third-order valence-corrected chi connectivity index (χ3v) is 8.27. The first-order valence-corrected chi connectivity index (χ1v) is 17.3. The molecule has 8 rings (SSSR count). The number of nitrogens with two attached hydrogens (primary N) is 1. The van der Waals surface area contributed by atoms with Crippen LogP contribution in [0.15, 0.2) is 106 Å². The zero-order valence-corrected chi connectivity index (χ0v) is 31.8. The number of aromatic carboxylic acids is 1. The molecule has 6 aromatic rings. The summed E-state index contributed by atoms with van der Waals surface area (Å²) in [4.78, 5) is 66.0. The van der Waals surface area contributed by atoms with Crippen molar-refractivity contribution in [2.45, 2.75) is 24.9 Å². The summed E-state index contributed by atoms with van der Waals surface area (Å²) in [6, 6.07) is 24.5. The highest BCUT2D eigenvalue weighted by Gasteiger charge is 2.32. The molecule has 2 aliphatic rings. The molecule has 0 saturated carbocycles. The number of carbonyl (C=O) groups excluding carboxylic acids is 3. The molecule has 20 heteroatoms. The largest absolute Gasteiger partial charge is 0.488 e. The summed E-state index contributed by atoms with van der Waals surface area (Å²) < 4.78 is 20.9. The van der Waals surface area contributed by atoms with Gasteiger partial charge in [-0.3, -0.25) is 24.2 Å². The molecule has 0 aliphatic carbocycles. The summed E-state index contributed by atoms with van der Waals surface area (Å²) in [5.41, 5.74) is 7.59. The lowest BCUT2D eigenvalue weighted by atomic mass is 10.1. The van der Waals surface area contributed by atoms with Gasteiger partial charge in [-0.15, -0.1) is 12.4 Å². The lowest BCUT2D eigenvalue weighted by Gasteiger charge is -2.18. The van der Waals surface area contributed by atoms with E-state index in [0.717, 1.165) is 11.1 Å². The number of carboxylic acids is 1. The van der Waals surface area contributed by atoms with Gasteiger partial charge in [0, 0.05) is 26.5 Å². The zero-order chi connectivity index (χ0) is 40.3. The van der Waals surface area contributed by atoms with Crippen molar-refractivity contribution in [3.63, 3.8) is 0 Å². The molecule has 0 bridgehead atoms. The topological polar surface area (TPSA) is 255 Å². The van der Waals surface area contributed by atoms with Crippen LogP contribution in [0.4, 0.5) is 11.6 Å². The minimum absolute atomic E-state index is 0. The van der Waals surface area contributed by atoms with Crippen LogP contribution in [0.3, 0.4) is 0 Å². The van der Waals surface area contributed by atoms with Gasteiger partial charge in [-0.2, -0.15) is 9.97 Å². The first-order chi connectivity index (χ1) is 27.6. The van der Waals surface area contributed by atoms with Gasteiger partial charge in [-0.05, 0) is 40.5 Å². The molecular weight excluding hydrogens is 776 g/mol. The van der Waals surface area contributed by atoms with Gasteiger partial charge < -0.3 is 34.7 Å². The molecule has 2 atom stereocenters. The van der Waals surface area contributed by atoms with E-state index >= 15 is 0 Å². The fraction of sp³-hybridized carbons (Fsp3) is 0.211. The Morgan fingerprint density at radius 2 is 1.21 bits per heavy atom. The Bertz CT molecular complexity index is 2330. The number of carbonyl (C=O) groups is 4. The molecule has 0 radical (unpaired) electrons. The molecule has 0 saturated heterocycles. The number of aromatic nitrogens is 6. The average Bonchev–Trinajstić information content (AvgIpc) is 3.87. The van der Waals surface area contributed by atoms with Gasteiger partial charge >= 0.3 is 5.97 Å². The normalized spacial score (nSPS) is 15.5. The number of amides is 3. The summed E-state index contributed by atoms with van der Waals surface area (Å²) in [5, 5.41) is 18.2. The van der Waals surface area contributed by atoms with Crippen molar-refractivity contribution < 1.29 is 42.8 Å². The van der Waals surface area contributed by atoms with Gasteiger partial charge in [0.05, 0.1) is 12.8 Å². The molecule has 0 spiro atoms. The van der Waals surface area contributed by atoms with E-state index in [1.165, 1.54) is 9.80 Å². The van der Waals surface area contributed by atoms with Gasteiger partial charge in [0.1, 0.15) is 25.3 Å². The lowest BCUT2D eigenvalue weighted by molar-refractivity contribution is -0.121. The van der Waals surface area contributed by atoms with Gasteiger partial charge in [-0.25, -0.2) is 14.8 Å². The van der Waals surface area contributed by atoms with Crippen molar-refractivity contribution in [3.05, 3.63) is 132 Å². The van der Waals surface area contributed by atoms with Gasteiger partial charge in [0.25, 0.3) is 23.5 Å². The van der Waals surface area contributed by atoms with Crippen LogP contribution < -0.4 is 30.3 Å². The number of rotatable bonds is 7. The molecule has 0 unspecified atom stereocenters. The highest BCUT2D eigenvalue weighted by molar-refractivity contribution is 6.01. The van der Waals surface area contributed by atoms with Crippen molar-refractivity contribution in [2.75, 3.05) is 37.1 Å². The Balaban J connectivity index is 0.000000180. The van der Waals surface area contributed by atoms with Crippen LogP contribution in [0.2, 0.25) is 0 Å². The number of hydrogen-bond donors (Lipinski definition) is 3. The van der Waals surface area contributed by atoms with E-state index < -0.39 is 24.0 Å². The van der Waals surface area contributed by atoms with E-state index in [2.05, 4.69) is 35.6 Å². The predicted octanol–water partition coefficient (Wildman–Crippen LogP) is 2.75. The number of fused-ring (bicyclic) bond motifs is 2. The molecule has 4 aromatic heterocycles. The maximum atomic E-state index is 12.6. The Kier molecular flexibility index (Phi) is 14.1. The Morgan fingerprint density at radius 3 is 1.72 bits per heavy atom. The maximum Gasteiger partial charge on any atom is 0.377 e. The van der Waals surface area contributed by atoms with Crippen LogP contribution >= 0.6 is 12.4 Å². The summed E-state index contributed by atoms with van der Waals surface area (Å²) >= 11 is 0. The van der Waals surface area contributed by atoms with Crippen molar-refractivity contribution in [3.8, 4) is 11.5 Å². The van der Waals surface area contributed by atoms with Crippen molar-refractivity contribution in [1.29, 1.82) is 0 Å². The van der Waals surface area contributed by atoms with Crippen LogP contribution in [-0.4, -0.2) is 98.4 Å². The molecule has 4 N–H and O–H groups in total. The Morgan fingerprint density at radius 1 is 0.724 bits per heavy atom. The maximum absolute atomic E-state index is 12.6. The summed E-state index contributed by atoms with van der Waals surface area (Å²) in [6.07, 6.45) is 4.04. The minimum atomic E-state index is -1.18. The lowest BCUT2D eigenvalue weighted by Crippen LogP contribution is -2.49. The van der Waals surface area contributed by atoms with E-state index in [4.69, 9.17) is 29.4 Å². The van der Waals surface area contributed by atoms with Crippen LogP contribution in [-0.2, 0) is 22.4 Å². The predicted molar refractivity (Wildman–Crippen MR) is 207 cm³/mol. The van der Waals surface area contributed by atoms with E-state index in [1.807, 2.05) is 60.7 Å². The zero-order valence-electron chi connectivity index (χ0n) is 31.0. The number of anilines is 2. The third-order valence-electron chi connectivity index (χ3n) is 8.27. The first kappa shape index (κ1) is 41.9. The van der Waals surface area contributed by atoms with Crippen LogP contribution in [0.5, 0.6) is 11.5 Å². The number of benzene rings is 2. The summed E-state index contributed by atoms with van der Waals surface area (Å²) in [5.74, 6) is -0.165. The van der Waals surface area contributed by atoms with E-state index in [-0.39, 0.29) is 49.1 Å². The number of nitrogens with one attached hydrogen (secondary N) is 1. The smallest absolute Gasteiger partial charge is 0.377 e. The van der Waals surface area contributed by atoms with Crippen molar-refractivity contribution in [1.82, 2.24) is 35.6 Å². The fourth-order valence-electron chi connectivity index (χ4n) is 5.38. The summed E-state index contributed by atoms with van der Waals surface area (Å²) in [7, 11) is 3.22. The molecule has 0 fully saturated rings. The van der Waals surface area contributed by atoms with Gasteiger partial charge in [0.15, 0.2) is 23.1 Å². The number of carboxylic acid groups (broad SMARTS) is 1. The number of pyridine rings is 2. The van der Waals surface area contributed by atoms with Gasteiger partial charge in [-0.1, -0.05) is 65.8 Å². The molecule has 300 valence electrons. The Labute approximate surface area is 336 Å².